The Labute approximate surface area is 118 Å². The van der Waals surface area contributed by atoms with Crippen LogP contribution in [0.4, 0.5) is 5.69 Å². The Morgan fingerprint density at radius 2 is 2.25 bits per heavy atom. The second kappa shape index (κ2) is 6.19. The second-order valence-corrected chi connectivity index (χ2v) is 5.36. The number of nitrogens with zero attached hydrogens (tertiary/aromatic N) is 2. The minimum atomic E-state index is -0.408. The van der Waals surface area contributed by atoms with Crippen LogP contribution in [0.15, 0.2) is 18.2 Å². The van der Waals surface area contributed by atoms with Gasteiger partial charge < -0.3 is 9.84 Å². The molecule has 1 aromatic carbocycles. The minimum Gasteiger partial charge on any atom is -0.496 e. The van der Waals surface area contributed by atoms with Crippen LogP contribution in [0.25, 0.3) is 0 Å². The summed E-state index contributed by atoms with van der Waals surface area (Å²) in [5, 5.41) is 20.6. The van der Waals surface area contributed by atoms with E-state index in [9.17, 15) is 15.2 Å². The second-order valence-electron chi connectivity index (χ2n) is 5.36. The summed E-state index contributed by atoms with van der Waals surface area (Å²) >= 11 is 0. The molecule has 0 amide bonds. The zero-order valence-corrected chi connectivity index (χ0v) is 11.8. The Morgan fingerprint density at radius 1 is 1.50 bits per heavy atom. The van der Waals surface area contributed by atoms with Gasteiger partial charge in [-0.3, -0.25) is 15.0 Å². The zero-order valence-electron chi connectivity index (χ0n) is 11.8. The Kier molecular flexibility index (Phi) is 4.57. The van der Waals surface area contributed by atoms with E-state index in [1.807, 2.05) is 13.0 Å². The molecule has 110 valence electrons. The van der Waals surface area contributed by atoms with Gasteiger partial charge in [0.25, 0.3) is 5.69 Å². The van der Waals surface area contributed by atoms with Gasteiger partial charge in [-0.25, -0.2) is 0 Å². The van der Waals surface area contributed by atoms with Gasteiger partial charge in [-0.2, -0.15) is 0 Å². The molecule has 0 saturated carbocycles. The van der Waals surface area contributed by atoms with Crippen molar-refractivity contribution in [2.45, 2.75) is 26.0 Å². The topological polar surface area (TPSA) is 75.8 Å². The number of ether oxygens (including phenoxy) is 1. The highest BCUT2D eigenvalue weighted by Gasteiger charge is 2.24. The third-order valence-electron chi connectivity index (χ3n) is 3.75. The molecule has 2 atom stereocenters. The fraction of sp³-hybridized carbons (Fsp3) is 0.571. The van der Waals surface area contributed by atoms with Crippen molar-refractivity contribution in [2.75, 3.05) is 20.2 Å². The number of hydrogen-bond donors (Lipinski definition) is 1. The van der Waals surface area contributed by atoms with E-state index in [-0.39, 0.29) is 17.7 Å². The minimum absolute atomic E-state index is 0.0458. The van der Waals surface area contributed by atoms with Crippen molar-refractivity contribution < 1.29 is 14.8 Å². The summed E-state index contributed by atoms with van der Waals surface area (Å²) in [7, 11) is 1.50. The normalized spacial score (nSPS) is 23.6. The molecule has 2 rings (SSSR count). The first-order valence-electron chi connectivity index (χ1n) is 6.72. The van der Waals surface area contributed by atoms with Crippen molar-refractivity contribution in [1.82, 2.24) is 4.90 Å². The number of hydrogen-bond acceptors (Lipinski definition) is 5. The van der Waals surface area contributed by atoms with Gasteiger partial charge in [-0.1, -0.05) is 6.92 Å². The largest absolute Gasteiger partial charge is 0.496 e. The van der Waals surface area contributed by atoms with Crippen LogP contribution in [-0.4, -0.2) is 41.2 Å². The Morgan fingerprint density at radius 3 is 2.85 bits per heavy atom. The van der Waals surface area contributed by atoms with Crippen LogP contribution in [0.1, 0.15) is 18.9 Å². The average Bonchev–Trinajstić information content (AvgIpc) is 2.42. The lowest BCUT2D eigenvalue weighted by Gasteiger charge is -2.34. The Balaban J connectivity index is 2.12. The quantitative estimate of drug-likeness (QED) is 0.672. The fourth-order valence-electron chi connectivity index (χ4n) is 2.58. The lowest BCUT2D eigenvalue weighted by atomic mass is 9.96. The summed E-state index contributed by atoms with van der Waals surface area (Å²) in [5.74, 6) is 0.726. The first-order valence-corrected chi connectivity index (χ1v) is 6.72. The number of rotatable bonds is 4. The van der Waals surface area contributed by atoms with E-state index in [1.54, 1.807) is 6.07 Å². The molecule has 0 bridgehead atoms. The number of methoxy groups -OCH3 is 1. The van der Waals surface area contributed by atoms with Crippen molar-refractivity contribution >= 4 is 5.69 Å². The van der Waals surface area contributed by atoms with Gasteiger partial charge in [0.05, 0.1) is 24.2 Å². The van der Waals surface area contributed by atoms with Gasteiger partial charge >= 0.3 is 0 Å². The summed E-state index contributed by atoms with van der Waals surface area (Å²) in [6, 6.07) is 4.83. The summed E-state index contributed by atoms with van der Waals surface area (Å²) in [6.07, 6.45) is 0.499. The number of aliphatic hydroxyl groups excluding tert-OH is 1. The summed E-state index contributed by atoms with van der Waals surface area (Å²) in [4.78, 5) is 12.7. The van der Waals surface area contributed by atoms with Crippen molar-refractivity contribution in [3.05, 3.63) is 33.9 Å². The molecule has 0 spiro atoms. The van der Waals surface area contributed by atoms with E-state index >= 15 is 0 Å². The number of likely N-dealkylation sites (tertiary alicyclic amines) is 1. The molecule has 6 nitrogen and oxygen atoms in total. The Bertz CT molecular complexity index is 492. The van der Waals surface area contributed by atoms with E-state index in [0.29, 0.717) is 12.3 Å². The smallest absolute Gasteiger partial charge is 0.273 e. The van der Waals surface area contributed by atoms with Gasteiger partial charge in [-0.05, 0) is 24.0 Å². The molecule has 1 aliphatic rings. The van der Waals surface area contributed by atoms with E-state index < -0.39 is 4.92 Å². The van der Waals surface area contributed by atoms with Crippen LogP contribution in [0, 0.1) is 16.0 Å². The fourth-order valence-corrected chi connectivity index (χ4v) is 2.58. The highest BCUT2D eigenvalue weighted by molar-refractivity contribution is 5.42. The van der Waals surface area contributed by atoms with Gasteiger partial charge in [-0.15, -0.1) is 0 Å². The van der Waals surface area contributed by atoms with Gasteiger partial charge in [0.2, 0.25) is 0 Å². The predicted octanol–water partition coefficient (Wildman–Crippen LogP) is 1.81. The summed E-state index contributed by atoms with van der Waals surface area (Å²) in [6.45, 7) is 4.25. The molecule has 1 N–H and O–H groups in total. The molecule has 1 aromatic rings. The molecule has 1 aliphatic heterocycles. The van der Waals surface area contributed by atoms with Crippen molar-refractivity contribution in [3.63, 3.8) is 0 Å². The first-order chi connectivity index (χ1) is 9.49. The maximum atomic E-state index is 10.9. The van der Waals surface area contributed by atoms with Crippen molar-refractivity contribution in [3.8, 4) is 5.75 Å². The Hall–Kier alpha value is -1.66. The van der Waals surface area contributed by atoms with Gasteiger partial charge in [0.15, 0.2) is 0 Å². The molecule has 1 heterocycles. The van der Waals surface area contributed by atoms with E-state index in [2.05, 4.69) is 4.90 Å². The molecule has 0 radical (unpaired) electrons. The molecular weight excluding hydrogens is 260 g/mol. The standard InChI is InChI=1S/C14H20N2O4/c1-10-8-15(4-3-14(10)17)9-11-5-12(16(18)19)7-13(6-11)20-2/h5-7,10,14,17H,3-4,8-9H2,1-2H3. The maximum absolute atomic E-state index is 10.9. The zero-order chi connectivity index (χ0) is 14.7. The molecule has 0 aliphatic carbocycles. The summed E-state index contributed by atoms with van der Waals surface area (Å²) in [5.41, 5.74) is 0.907. The average molecular weight is 280 g/mol. The highest BCUT2D eigenvalue weighted by Crippen LogP contribution is 2.25. The van der Waals surface area contributed by atoms with E-state index in [4.69, 9.17) is 4.74 Å². The van der Waals surface area contributed by atoms with Gasteiger partial charge in [0, 0.05) is 25.7 Å². The number of piperidine rings is 1. The van der Waals surface area contributed by atoms with E-state index in [0.717, 1.165) is 25.1 Å². The van der Waals surface area contributed by atoms with Crippen LogP contribution in [0.2, 0.25) is 0 Å². The molecule has 20 heavy (non-hydrogen) atoms. The van der Waals surface area contributed by atoms with Gasteiger partial charge in [0.1, 0.15) is 5.75 Å². The monoisotopic (exact) mass is 280 g/mol. The lowest BCUT2D eigenvalue weighted by molar-refractivity contribution is -0.385. The predicted molar refractivity (Wildman–Crippen MR) is 74.7 cm³/mol. The number of aliphatic hydroxyl groups is 1. The van der Waals surface area contributed by atoms with Crippen LogP contribution < -0.4 is 4.74 Å². The van der Waals surface area contributed by atoms with Crippen LogP contribution in [0.5, 0.6) is 5.75 Å². The molecule has 2 unspecified atom stereocenters. The molecule has 1 fully saturated rings. The first kappa shape index (κ1) is 14.7. The third-order valence-corrected chi connectivity index (χ3v) is 3.75. The SMILES string of the molecule is COc1cc(CN2CCC(O)C(C)C2)cc([N+](=O)[O-])c1. The number of benzene rings is 1. The molecule has 6 heteroatoms. The number of non-ortho nitro benzene ring substituents is 1. The lowest BCUT2D eigenvalue weighted by Crippen LogP contribution is -2.41. The van der Waals surface area contributed by atoms with Crippen LogP contribution in [-0.2, 0) is 6.54 Å². The number of nitro groups is 1. The highest BCUT2D eigenvalue weighted by atomic mass is 16.6. The molecular formula is C14H20N2O4. The van der Waals surface area contributed by atoms with Crippen LogP contribution in [0.3, 0.4) is 0 Å². The number of nitro benzene ring substituents is 1. The molecule has 1 saturated heterocycles. The van der Waals surface area contributed by atoms with E-state index in [1.165, 1.54) is 13.2 Å². The van der Waals surface area contributed by atoms with Crippen molar-refractivity contribution in [2.24, 2.45) is 5.92 Å². The van der Waals surface area contributed by atoms with Crippen LogP contribution >= 0.6 is 0 Å². The third kappa shape index (κ3) is 3.46. The molecule has 0 aromatic heterocycles. The summed E-state index contributed by atoms with van der Waals surface area (Å²) < 4.78 is 5.11. The van der Waals surface area contributed by atoms with Crippen molar-refractivity contribution in [1.29, 1.82) is 0 Å². The maximum Gasteiger partial charge on any atom is 0.273 e.